The van der Waals surface area contributed by atoms with Crippen molar-refractivity contribution < 1.29 is 45.7 Å². The van der Waals surface area contributed by atoms with E-state index in [9.17, 15) is 22.6 Å². The van der Waals surface area contributed by atoms with Gasteiger partial charge in [0.2, 0.25) is 0 Å². The fourth-order valence-electron chi connectivity index (χ4n) is 6.60. The van der Waals surface area contributed by atoms with Gasteiger partial charge in [0.25, 0.3) is 11.8 Å². The van der Waals surface area contributed by atoms with E-state index in [0.717, 1.165) is 11.1 Å². The molecule has 2 saturated heterocycles. The van der Waals surface area contributed by atoms with Gasteiger partial charge in [-0.05, 0) is 54.3 Å². The molecular formula is C36H35FN4O9S. The van der Waals surface area contributed by atoms with Gasteiger partial charge in [-0.15, -0.1) is 0 Å². The molecule has 0 spiro atoms. The molecule has 0 aliphatic carbocycles. The second-order valence-electron chi connectivity index (χ2n) is 12.6. The first-order valence-corrected chi connectivity index (χ1v) is 17.3. The van der Waals surface area contributed by atoms with Crippen molar-refractivity contribution in [1.82, 2.24) is 9.80 Å². The van der Waals surface area contributed by atoms with Crippen LogP contribution in [0.1, 0.15) is 44.7 Å². The molecule has 2 N–H and O–H groups in total. The number of aliphatic imine (C=N–C) groups is 2. The minimum absolute atomic E-state index is 0.0971. The molecular weight excluding hydrogens is 683 g/mol. The number of halogens is 1. The molecule has 266 valence electrons. The molecule has 7 rings (SSSR count). The number of carbonyl (C=O) groups is 2. The van der Waals surface area contributed by atoms with Crippen molar-refractivity contribution in [3.8, 4) is 28.7 Å². The Labute approximate surface area is 295 Å². The zero-order valence-electron chi connectivity index (χ0n) is 27.8. The fourth-order valence-corrected chi connectivity index (χ4v) is 6.94. The molecule has 2 fully saturated rings. The largest absolute Gasteiger partial charge is 0.493 e. The van der Waals surface area contributed by atoms with Gasteiger partial charge in [0.1, 0.15) is 19.0 Å². The Balaban J connectivity index is 1.13. The SMILES string of the molecule is C=C1C[C@H]2C=Nc3cc(OCc4cc(COc5cc6c(cc5OC)C(=O)N5CC(=C)C[C@H]5C=N6)cc(OS(O)(O)F)c4)c(OC)cc3C(=O)N2C1. The lowest BCUT2D eigenvalue weighted by Crippen LogP contribution is -2.35. The van der Waals surface area contributed by atoms with Gasteiger partial charge in [0.05, 0.1) is 48.8 Å². The summed E-state index contributed by atoms with van der Waals surface area (Å²) >= 11 is -4.86. The van der Waals surface area contributed by atoms with Crippen molar-refractivity contribution in [2.45, 2.75) is 38.1 Å². The third-order valence-corrected chi connectivity index (χ3v) is 9.32. The van der Waals surface area contributed by atoms with Gasteiger partial charge in [-0.2, -0.15) is 0 Å². The zero-order chi connectivity index (χ0) is 36.0. The van der Waals surface area contributed by atoms with Crippen LogP contribution in [0.5, 0.6) is 28.7 Å². The highest BCUT2D eigenvalue weighted by atomic mass is 32.3. The molecule has 4 aliphatic rings. The van der Waals surface area contributed by atoms with Crippen molar-refractivity contribution in [3.05, 3.63) is 89.0 Å². The Kier molecular flexibility index (Phi) is 8.95. The molecule has 2 amide bonds. The topological polar surface area (TPSA) is 152 Å². The van der Waals surface area contributed by atoms with Crippen LogP contribution in [-0.4, -0.2) is 82.5 Å². The number of hydrogen-bond donors (Lipinski definition) is 2. The van der Waals surface area contributed by atoms with Crippen molar-refractivity contribution in [1.29, 1.82) is 0 Å². The van der Waals surface area contributed by atoms with Gasteiger partial charge in [-0.25, -0.2) is 0 Å². The van der Waals surface area contributed by atoms with Crippen LogP contribution in [0.3, 0.4) is 0 Å². The molecule has 51 heavy (non-hydrogen) atoms. The number of hydrogen-bond acceptors (Lipinski definition) is 11. The quantitative estimate of drug-likeness (QED) is 0.217. The Hall–Kier alpha value is -5.38. The molecule has 4 aliphatic heterocycles. The second-order valence-corrected chi connectivity index (χ2v) is 13.6. The number of methoxy groups -OCH3 is 2. The maximum absolute atomic E-state index is 13.9. The van der Waals surface area contributed by atoms with E-state index in [1.807, 2.05) is 0 Å². The highest BCUT2D eigenvalue weighted by molar-refractivity contribution is 8.15. The summed E-state index contributed by atoms with van der Waals surface area (Å²) in [6.07, 6.45) is 4.73. The third-order valence-electron chi connectivity index (χ3n) is 8.92. The van der Waals surface area contributed by atoms with Crippen LogP contribution >= 0.6 is 11.3 Å². The van der Waals surface area contributed by atoms with E-state index in [1.165, 1.54) is 26.4 Å². The zero-order valence-corrected chi connectivity index (χ0v) is 28.7. The highest BCUT2D eigenvalue weighted by Crippen LogP contribution is 2.44. The van der Waals surface area contributed by atoms with E-state index in [1.54, 1.807) is 52.6 Å². The lowest BCUT2D eigenvalue weighted by Gasteiger charge is -2.21. The number of rotatable bonds is 10. The van der Waals surface area contributed by atoms with E-state index in [-0.39, 0.29) is 42.9 Å². The normalized spacial score (nSPS) is 19.5. The molecule has 0 unspecified atom stereocenters. The highest BCUT2D eigenvalue weighted by Gasteiger charge is 2.35. The number of amides is 2. The van der Waals surface area contributed by atoms with Crippen LogP contribution in [-0.2, 0) is 13.2 Å². The van der Waals surface area contributed by atoms with Crippen molar-refractivity contribution in [2.75, 3.05) is 27.3 Å². The smallest absolute Gasteiger partial charge is 0.307 e. The van der Waals surface area contributed by atoms with Crippen LogP contribution < -0.4 is 23.1 Å². The Morgan fingerprint density at radius 1 is 0.745 bits per heavy atom. The minimum Gasteiger partial charge on any atom is -0.493 e. The molecule has 13 nitrogen and oxygen atoms in total. The summed E-state index contributed by atoms with van der Waals surface area (Å²) in [7, 11) is 2.90. The number of ether oxygens (including phenoxy) is 4. The Morgan fingerprint density at radius 3 is 1.61 bits per heavy atom. The first-order chi connectivity index (χ1) is 24.4. The number of nitrogens with zero attached hydrogens (tertiary/aromatic N) is 4. The van der Waals surface area contributed by atoms with Gasteiger partial charge in [0.15, 0.2) is 23.0 Å². The molecule has 15 heteroatoms. The summed E-state index contributed by atoms with van der Waals surface area (Å²) in [6.45, 7) is 8.73. The summed E-state index contributed by atoms with van der Waals surface area (Å²) in [5.41, 5.74) is 4.38. The van der Waals surface area contributed by atoms with Gasteiger partial charge in [0, 0.05) is 37.7 Å². The maximum atomic E-state index is 13.9. The lowest BCUT2D eigenvalue weighted by molar-refractivity contribution is 0.0769. The van der Waals surface area contributed by atoms with Crippen LogP contribution in [0.4, 0.5) is 15.3 Å². The first kappa shape index (κ1) is 34.1. The Bertz CT molecular complexity index is 1900. The van der Waals surface area contributed by atoms with E-state index >= 15 is 0 Å². The van der Waals surface area contributed by atoms with Crippen LogP contribution in [0.15, 0.2) is 76.8 Å². The van der Waals surface area contributed by atoms with E-state index in [4.69, 9.17) is 23.1 Å². The minimum atomic E-state index is -4.86. The maximum Gasteiger partial charge on any atom is 0.307 e. The molecule has 3 aromatic carbocycles. The first-order valence-electron chi connectivity index (χ1n) is 15.9. The van der Waals surface area contributed by atoms with Gasteiger partial charge < -0.3 is 32.9 Å². The summed E-state index contributed by atoms with van der Waals surface area (Å²) in [4.78, 5) is 39.2. The lowest BCUT2D eigenvalue weighted by atomic mass is 10.1. The van der Waals surface area contributed by atoms with Crippen molar-refractivity contribution in [3.63, 3.8) is 0 Å². The molecule has 4 heterocycles. The Morgan fingerprint density at radius 2 is 1.20 bits per heavy atom. The molecule has 2 atom stereocenters. The third kappa shape index (κ3) is 7.00. The summed E-state index contributed by atoms with van der Waals surface area (Å²) in [6, 6.07) is 10.5. The molecule has 0 bridgehead atoms. The second kappa shape index (κ2) is 13.4. The molecule has 0 saturated carbocycles. The van der Waals surface area contributed by atoms with E-state index in [2.05, 4.69) is 23.1 Å². The molecule has 0 radical (unpaired) electrons. The monoisotopic (exact) mass is 718 g/mol. The van der Waals surface area contributed by atoms with Gasteiger partial charge in [-0.1, -0.05) is 28.2 Å². The number of carbonyl (C=O) groups excluding carboxylic acids is 2. The number of benzene rings is 3. The van der Waals surface area contributed by atoms with Crippen molar-refractivity contribution >= 4 is 46.9 Å². The standard InChI is InChI=1S/C36H35FN4O9S/c1-20-5-24-14-38-29-12-33(31(46-3)10-27(29)35(42)40(24)16-20)48-18-22-7-23(9-26(8-22)50-51(37,44)45)19-49-34-13-30-28(11-32(34)47-4)36(43)41-17-21(2)6-25(41)15-39-30/h7-15,24-25,44-45H,1-2,5-6,16-19H2,3-4H3/t24-,25-/m0/s1. The van der Waals surface area contributed by atoms with Crippen LogP contribution in [0.2, 0.25) is 0 Å². The van der Waals surface area contributed by atoms with E-state index < -0.39 is 11.3 Å². The average molecular weight is 719 g/mol. The van der Waals surface area contributed by atoms with Crippen LogP contribution in [0, 0.1) is 0 Å². The predicted octanol–water partition coefficient (Wildman–Crippen LogP) is 6.76. The summed E-state index contributed by atoms with van der Waals surface area (Å²) in [5, 5.41) is 0. The van der Waals surface area contributed by atoms with Gasteiger partial charge in [-0.3, -0.25) is 28.7 Å². The summed E-state index contributed by atoms with van der Waals surface area (Å²) in [5.74, 6) is 0.615. The fraction of sp³-hybridized carbons (Fsp3) is 0.278. The van der Waals surface area contributed by atoms with Gasteiger partial charge >= 0.3 is 11.3 Å². The molecule has 0 aromatic heterocycles. The van der Waals surface area contributed by atoms with Crippen molar-refractivity contribution in [2.24, 2.45) is 9.98 Å². The number of fused-ring (bicyclic) bond motifs is 4. The predicted molar refractivity (Wildman–Crippen MR) is 189 cm³/mol. The van der Waals surface area contributed by atoms with E-state index in [0.29, 0.717) is 82.6 Å². The summed E-state index contributed by atoms with van der Waals surface area (Å²) < 4.78 is 60.8. The average Bonchev–Trinajstić information content (AvgIpc) is 3.60. The molecule has 3 aromatic rings. The van der Waals surface area contributed by atoms with Crippen LogP contribution in [0.25, 0.3) is 0 Å².